The van der Waals surface area contributed by atoms with Crippen LogP contribution in [0.15, 0.2) is 0 Å². The molecule has 1 fully saturated rings. The Labute approximate surface area is 111 Å². The predicted octanol–water partition coefficient (Wildman–Crippen LogP) is -1.86. The fourth-order valence-electron chi connectivity index (χ4n) is 1.94. The molecule has 2 amide bonds. The minimum absolute atomic E-state index is 0.00838. The van der Waals surface area contributed by atoms with E-state index in [1.807, 2.05) is 4.90 Å². The van der Waals surface area contributed by atoms with Crippen LogP contribution in [0, 0.1) is 0 Å². The molecule has 8 heteroatoms. The fourth-order valence-corrected chi connectivity index (χ4v) is 1.94. The van der Waals surface area contributed by atoms with E-state index in [0.29, 0.717) is 32.7 Å². The number of aliphatic hydroxyl groups excluding tert-OH is 2. The molecule has 0 spiro atoms. The Balaban J connectivity index is 2.39. The van der Waals surface area contributed by atoms with Gasteiger partial charge in [-0.05, 0) is 0 Å². The maximum Gasteiger partial charge on any atom is 0.326 e. The molecular formula is C11H21N3O5. The van der Waals surface area contributed by atoms with E-state index in [4.69, 9.17) is 15.3 Å². The van der Waals surface area contributed by atoms with E-state index in [-0.39, 0.29) is 19.6 Å². The molecule has 0 aromatic rings. The van der Waals surface area contributed by atoms with Crippen molar-refractivity contribution in [3.8, 4) is 0 Å². The molecule has 1 atom stereocenters. The Morgan fingerprint density at radius 3 is 2.21 bits per heavy atom. The minimum Gasteiger partial charge on any atom is -0.480 e. The molecule has 110 valence electrons. The molecule has 1 aliphatic heterocycles. The number of β-amino-alcohol motifs (C(OH)–C–C–N with tert-alkyl or cyclic N) is 1. The second-order valence-electron chi connectivity index (χ2n) is 4.40. The highest BCUT2D eigenvalue weighted by atomic mass is 16.4. The highest BCUT2D eigenvalue weighted by Crippen LogP contribution is 2.02. The number of piperazine rings is 1. The summed E-state index contributed by atoms with van der Waals surface area (Å²) in [5, 5.41) is 28.8. The van der Waals surface area contributed by atoms with Gasteiger partial charge in [0.05, 0.1) is 6.61 Å². The van der Waals surface area contributed by atoms with Gasteiger partial charge in [-0.2, -0.15) is 0 Å². The molecule has 0 aliphatic carbocycles. The summed E-state index contributed by atoms with van der Waals surface area (Å²) in [6.45, 7) is 2.69. The summed E-state index contributed by atoms with van der Waals surface area (Å²) in [5.41, 5.74) is 0. The first-order chi connectivity index (χ1) is 9.08. The summed E-state index contributed by atoms with van der Waals surface area (Å²) in [7, 11) is 0. The van der Waals surface area contributed by atoms with E-state index in [1.165, 1.54) is 0 Å². The zero-order chi connectivity index (χ0) is 14.3. The Bertz CT molecular complexity index is 305. The zero-order valence-electron chi connectivity index (χ0n) is 10.8. The predicted molar refractivity (Wildman–Crippen MR) is 66.8 cm³/mol. The highest BCUT2D eigenvalue weighted by molar-refractivity contribution is 5.82. The van der Waals surface area contributed by atoms with Crippen molar-refractivity contribution in [2.45, 2.75) is 12.5 Å². The SMILES string of the molecule is O=C(O)C(CCO)NC(=O)N1CCN(CCO)CC1. The number of carboxylic acids is 1. The van der Waals surface area contributed by atoms with Gasteiger partial charge in [-0.25, -0.2) is 9.59 Å². The first-order valence-corrected chi connectivity index (χ1v) is 6.30. The number of nitrogens with zero attached hydrogens (tertiary/aromatic N) is 2. The van der Waals surface area contributed by atoms with Crippen molar-refractivity contribution in [3.05, 3.63) is 0 Å². The van der Waals surface area contributed by atoms with Gasteiger partial charge in [0, 0.05) is 45.8 Å². The molecule has 1 heterocycles. The summed E-state index contributed by atoms with van der Waals surface area (Å²) in [4.78, 5) is 26.3. The molecule has 1 saturated heterocycles. The zero-order valence-corrected chi connectivity index (χ0v) is 10.8. The maximum absolute atomic E-state index is 11.9. The van der Waals surface area contributed by atoms with Crippen LogP contribution in [0.2, 0.25) is 0 Å². The number of nitrogens with one attached hydrogen (secondary N) is 1. The van der Waals surface area contributed by atoms with Crippen LogP contribution in [0.5, 0.6) is 0 Å². The molecular weight excluding hydrogens is 254 g/mol. The lowest BCUT2D eigenvalue weighted by atomic mass is 10.2. The molecule has 1 unspecified atom stereocenters. The van der Waals surface area contributed by atoms with Gasteiger partial charge in [-0.3, -0.25) is 4.90 Å². The largest absolute Gasteiger partial charge is 0.480 e. The average Bonchev–Trinajstić information content (AvgIpc) is 2.39. The molecule has 0 aromatic heterocycles. The van der Waals surface area contributed by atoms with Crippen molar-refractivity contribution in [2.75, 3.05) is 45.9 Å². The number of aliphatic carboxylic acids is 1. The van der Waals surface area contributed by atoms with Gasteiger partial charge in [0.25, 0.3) is 0 Å². The summed E-state index contributed by atoms with van der Waals surface area (Å²) < 4.78 is 0. The lowest BCUT2D eigenvalue weighted by molar-refractivity contribution is -0.139. The van der Waals surface area contributed by atoms with Crippen LogP contribution in [0.25, 0.3) is 0 Å². The van der Waals surface area contributed by atoms with Crippen molar-refractivity contribution in [2.24, 2.45) is 0 Å². The van der Waals surface area contributed by atoms with Crippen molar-refractivity contribution in [1.82, 2.24) is 15.1 Å². The third-order valence-corrected chi connectivity index (χ3v) is 3.09. The summed E-state index contributed by atoms with van der Waals surface area (Å²) in [6, 6.07) is -1.49. The second kappa shape index (κ2) is 7.93. The van der Waals surface area contributed by atoms with E-state index in [1.54, 1.807) is 4.90 Å². The average molecular weight is 275 g/mol. The normalized spacial score (nSPS) is 18.1. The van der Waals surface area contributed by atoms with Crippen molar-refractivity contribution in [1.29, 1.82) is 0 Å². The fraction of sp³-hybridized carbons (Fsp3) is 0.818. The lowest BCUT2D eigenvalue weighted by Gasteiger charge is -2.34. The molecule has 4 N–H and O–H groups in total. The maximum atomic E-state index is 11.9. The van der Waals surface area contributed by atoms with E-state index in [0.717, 1.165) is 0 Å². The van der Waals surface area contributed by atoms with Gasteiger partial charge >= 0.3 is 12.0 Å². The second-order valence-corrected chi connectivity index (χ2v) is 4.40. The highest BCUT2D eigenvalue weighted by Gasteiger charge is 2.25. The number of amides is 2. The van der Waals surface area contributed by atoms with Crippen LogP contribution in [0.4, 0.5) is 4.79 Å². The number of hydrogen-bond donors (Lipinski definition) is 4. The Morgan fingerprint density at radius 1 is 1.11 bits per heavy atom. The van der Waals surface area contributed by atoms with Gasteiger partial charge in [-0.15, -0.1) is 0 Å². The molecule has 0 bridgehead atoms. The molecule has 19 heavy (non-hydrogen) atoms. The molecule has 1 aliphatic rings. The number of hydrogen-bond acceptors (Lipinski definition) is 5. The van der Waals surface area contributed by atoms with Crippen LogP contribution in [-0.4, -0.2) is 89.1 Å². The van der Waals surface area contributed by atoms with E-state index < -0.39 is 18.0 Å². The number of aliphatic hydroxyl groups is 2. The number of carboxylic acid groups (broad SMARTS) is 1. The van der Waals surface area contributed by atoms with Crippen LogP contribution < -0.4 is 5.32 Å². The van der Waals surface area contributed by atoms with Gasteiger partial charge < -0.3 is 25.5 Å². The summed E-state index contributed by atoms with van der Waals surface area (Å²) in [5.74, 6) is -1.15. The van der Waals surface area contributed by atoms with Gasteiger partial charge in [-0.1, -0.05) is 0 Å². The Hall–Kier alpha value is -1.38. The van der Waals surface area contributed by atoms with Gasteiger partial charge in [0.2, 0.25) is 0 Å². The van der Waals surface area contributed by atoms with E-state index in [9.17, 15) is 9.59 Å². The topological polar surface area (TPSA) is 113 Å². The Kier molecular flexibility index (Phi) is 6.54. The third kappa shape index (κ3) is 5.01. The number of rotatable bonds is 6. The van der Waals surface area contributed by atoms with Crippen molar-refractivity contribution >= 4 is 12.0 Å². The summed E-state index contributed by atoms with van der Waals surface area (Å²) in [6.07, 6.45) is -0.00838. The van der Waals surface area contributed by atoms with Crippen LogP contribution in [-0.2, 0) is 4.79 Å². The first-order valence-electron chi connectivity index (χ1n) is 6.30. The van der Waals surface area contributed by atoms with Gasteiger partial charge in [0.15, 0.2) is 0 Å². The number of urea groups is 1. The first kappa shape index (κ1) is 15.7. The Morgan fingerprint density at radius 2 is 1.74 bits per heavy atom. The van der Waals surface area contributed by atoms with Crippen LogP contribution in [0.1, 0.15) is 6.42 Å². The van der Waals surface area contributed by atoms with Crippen molar-refractivity contribution in [3.63, 3.8) is 0 Å². The number of carbonyl (C=O) groups is 2. The summed E-state index contributed by atoms with van der Waals surface area (Å²) >= 11 is 0. The lowest BCUT2D eigenvalue weighted by Crippen LogP contribution is -2.55. The quantitative estimate of drug-likeness (QED) is 0.452. The molecule has 0 aromatic carbocycles. The van der Waals surface area contributed by atoms with E-state index in [2.05, 4.69) is 5.32 Å². The third-order valence-electron chi connectivity index (χ3n) is 3.09. The molecule has 0 saturated carbocycles. The monoisotopic (exact) mass is 275 g/mol. The van der Waals surface area contributed by atoms with Crippen LogP contribution in [0.3, 0.4) is 0 Å². The minimum atomic E-state index is -1.15. The van der Waals surface area contributed by atoms with E-state index >= 15 is 0 Å². The standard InChI is InChI=1S/C11H21N3O5/c15-7-1-9(10(17)18)12-11(19)14-4-2-13(3-5-14)6-8-16/h9,15-16H,1-8H2,(H,12,19)(H,17,18). The molecule has 1 rings (SSSR count). The van der Waals surface area contributed by atoms with Gasteiger partial charge in [0.1, 0.15) is 6.04 Å². The smallest absolute Gasteiger partial charge is 0.326 e. The molecule has 0 radical (unpaired) electrons. The number of carbonyl (C=O) groups excluding carboxylic acids is 1. The van der Waals surface area contributed by atoms with Crippen molar-refractivity contribution < 1.29 is 24.9 Å². The van der Waals surface area contributed by atoms with Crippen LogP contribution >= 0.6 is 0 Å². The molecule has 8 nitrogen and oxygen atoms in total.